The monoisotopic (exact) mass is 1040 g/mol. The van der Waals surface area contributed by atoms with E-state index in [9.17, 15) is 31.5 Å². The molecule has 0 spiro atoms. The summed E-state index contributed by atoms with van der Waals surface area (Å²) in [6, 6.07) is 32.4. The standard InChI is InChI=1S/C52H57ClF4N6O4S3/c1-6-63-35(4)48(51(64)65)49(50(63)36-12-14-38(53)15-13-36)37-28-39(54)30-43(29-37)62-26-24-61(25-27-62)42-18-16-40(17-19-42)59-70(67)45-20-21-46(47(31-45)69(66)52(55,56)57)58-41(22-23-60(5)32-34(2)3)33-68-44-10-8-7-9-11-44/h7-21,28-31,34,41,58-59H,6,22-27,32-33H2,1-5H3,(H,64,65). The molecule has 6 aromatic rings. The van der Waals surface area contributed by atoms with Crippen LogP contribution < -0.4 is 19.8 Å². The van der Waals surface area contributed by atoms with Gasteiger partial charge in [-0.3, -0.25) is 0 Å². The van der Waals surface area contributed by atoms with E-state index >= 15 is 4.39 Å². The number of aromatic nitrogens is 1. The second-order valence-corrected chi connectivity index (χ2v) is 21.8. The minimum absolute atomic E-state index is 0.0317. The van der Waals surface area contributed by atoms with Crippen LogP contribution in [-0.2, 0) is 28.3 Å². The second kappa shape index (κ2) is 23.3. The van der Waals surface area contributed by atoms with Crippen LogP contribution in [0.4, 0.5) is 40.3 Å². The number of carboxylic acid groups (broad SMARTS) is 1. The molecule has 3 N–H and O–H groups in total. The zero-order valence-electron chi connectivity index (χ0n) is 39.6. The first-order chi connectivity index (χ1) is 33.4. The molecule has 372 valence electrons. The van der Waals surface area contributed by atoms with Gasteiger partial charge in [0.1, 0.15) is 16.8 Å². The number of carboxylic acids is 1. The van der Waals surface area contributed by atoms with Crippen molar-refractivity contribution >= 4 is 73.9 Å². The molecule has 1 aliphatic rings. The first-order valence-corrected chi connectivity index (χ1v) is 26.6. The molecule has 1 aliphatic heterocycles. The third-order valence-electron chi connectivity index (χ3n) is 12.1. The summed E-state index contributed by atoms with van der Waals surface area (Å²) < 4.78 is 89.5. The van der Waals surface area contributed by atoms with Crippen LogP contribution in [0.15, 0.2) is 130 Å². The number of carbonyl (C=O) groups is 1. The Kier molecular flexibility index (Phi) is 17.4. The third kappa shape index (κ3) is 12.9. The number of thioether (sulfide) groups is 1. The van der Waals surface area contributed by atoms with Gasteiger partial charge in [0.05, 0.1) is 26.7 Å². The van der Waals surface area contributed by atoms with Crippen molar-refractivity contribution in [2.75, 3.05) is 71.9 Å². The number of hydrogen-bond donors (Lipinski definition) is 3. The van der Waals surface area contributed by atoms with E-state index in [-0.39, 0.29) is 22.2 Å². The average Bonchev–Trinajstić information content (AvgIpc) is 3.64. The molecule has 1 saturated heterocycles. The zero-order valence-corrected chi connectivity index (χ0v) is 42.8. The Bertz CT molecular complexity index is 2810. The maximum Gasteiger partial charge on any atom is 0.475 e. The molecule has 10 nitrogen and oxygen atoms in total. The number of piperazine rings is 1. The largest absolute Gasteiger partial charge is 0.478 e. The molecule has 0 amide bonds. The normalized spacial score (nSPS) is 14.5. The molecule has 18 heteroatoms. The molecule has 5 aromatic carbocycles. The van der Waals surface area contributed by atoms with E-state index < -0.39 is 44.0 Å². The lowest BCUT2D eigenvalue weighted by atomic mass is 9.96. The van der Waals surface area contributed by atoms with Crippen LogP contribution in [0.5, 0.6) is 0 Å². The number of rotatable bonds is 20. The Balaban J connectivity index is 1.04. The van der Waals surface area contributed by atoms with Gasteiger partial charge in [-0.1, -0.05) is 55.8 Å². The van der Waals surface area contributed by atoms with E-state index in [1.165, 1.54) is 24.3 Å². The molecule has 0 radical (unpaired) electrons. The average molecular weight is 1040 g/mol. The van der Waals surface area contributed by atoms with E-state index in [0.29, 0.717) is 96.3 Å². The van der Waals surface area contributed by atoms with Crippen molar-refractivity contribution in [2.24, 2.45) is 5.92 Å². The minimum Gasteiger partial charge on any atom is -0.478 e. The predicted octanol–water partition coefficient (Wildman–Crippen LogP) is 12.3. The number of aromatic carboxylic acids is 1. The summed E-state index contributed by atoms with van der Waals surface area (Å²) in [6.45, 7) is 12.2. The second-order valence-electron chi connectivity index (χ2n) is 17.6. The Morgan fingerprint density at radius 3 is 2.14 bits per heavy atom. The van der Waals surface area contributed by atoms with Gasteiger partial charge in [0, 0.05) is 89.3 Å². The molecule has 1 fully saturated rings. The zero-order chi connectivity index (χ0) is 50.3. The molecule has 3 unspecified atom stereocenters. The van der Waals surface area contributed by atoms with Crippen LogP contribution in [0.1, 0.15) is 43.2 Å². The van der Waals surface area contributed by atoms with E-state index in [0.717, 1.165) is 28.8 Å². The molecule has 3 atom stereocenters. The lowest BCUT2D eigenvalue weighted by molar-refractivity contribution is -0.0384. The number of hydrogen-bond acceptors (Lipinski definition) is 8. The van der Waals surface area contributed by atoms with Crippen LogP contribution in [0.2, 0.25) is 5.02 Å². The van der Waals surface area contributed by atoms with Gasteiger partial charge >= 0.3 is 11.5 Å². The number of nitrogens with one attached hydrogen (secondary N) is 2. The summed E-state index contributed by atoms with van der Waals surface area (Å²) in [5.41, 5.74) is -0.0441. The molecule has 2 heterocycles. The summed E-state index contributed by atoms with van der Waals surface area (Å²) in [5.74, 6) is -0.613. The van der Waals surface area contributed by atoms with E-state index in [1.807, 2.05) is 79.2 Å². The molecule has 0 bridgehead atoms. The summed E-state index contributed by atoms with van der Waals surface area (Å²) in [5, 5.41) is 14.2. The van der Waals surface area contributed by atoms with E-state index in [1.54, 1.807) is 43.0 Å². The first kappa shape index (κ1) is 52.5. The van der Waals surface area contributed by atoms with Gasteiger partial charge in [-0.05, 0) is 136 Å². The van der Waals surface area contributed by atoms with Crippen molar-refractivity contribution in [3.8, 4) is 22.4 Å². The van der Waals surface area contributed by atoms with Crippen LogP contribution in [0.25, 0.3) is 22.4 Å². The minimum atomic E-state index is -5.05. The highest BCUT2D eigenvalue weighted by Gasteiger charge is 2.40. The highest BCUT2D eigenvalue weighted by atomic mass is 35.5. The highest BCUT2D eigenvalue weighted by Crippen LogP contribution is 2.42. The fourth-order valence-corrected chi connectivity index (χ4v) is 11.7. The van der Waals surface area contributed by atoms with Crippen LogP contribution >= 0.6 is 23.4 Å². The molecule has 70 heavy (non-hydrogen) atoms. The lowest BCUT2D eigenvalue weighted by Crippen LogP contribution is -2.46. The maximum atomic E-state index is 15.6. The van der Waals surface area contributed by atoms with Crippen LogP contribution in [0, 0.1) is 18.7 Å². The van der Waals surface area contributed by atoms with E-state index in [4.69, 9.17) is 11.6 Å². The van der Waals surface area contributed by atoms with Crippen LogP contribution in [0.3, 0.4) is 0 Å². The van der Waals surface area contributed by atoms with Crippen molar-refractivity contribution in [3.05, 3.63) is 137 Å². The van der Waals surface area contributed by atoms with Gasteiger partial charge in [0.25, 0.3) is 0 Å². The van der Waals surface area contributed by atoms with Gasteiger partial charge in [0.15, 0.2) is 10.8 Å². The lowest BCUT2D eigenvalue weighted by Gasteiger charge is -2.37. The molecule has 0 aliphatic carbocycles. The number of anilines is 4. The van der Waals surface area contributed by atoms with Crippen molar-refractivity contribution in [2.45, 2.75) is 66.9 Å². The van der Waals surface area contributed by atoms with Gasteiger partial charge in [-0.15, -0.1) is 11.8 Å². The fourth-order valence-electron chi connectivity index (χ4n) is 8.85. The smallest absolute Gasteiger partial charge is 0.475 e. The van der Waals surface area contributed by atoms with Gasteiger partial charge in [0.2, 0.25) is 0 Å². The van der Waals surface area contributed by atoms with Crippen molar-refractivity contribution in [1.82, 2.24) is 9.47 Å². The Hall–Kier alpha value is -5.33. The number of benzene rings is 5. The Morgan fingerprint density at radius 1 is 0.871 bits per heavy atom. The SMILES string of the molecule is CCn1c(C)c(C(=O)O)c(-c2cc(F)cc(N3CCN(c4ccc(NS(=O)c5ccc(NC(CCN(C)CC(C)C)CSc6ccccc6)c(S(=O)C(F)(F)F)c5)cc4)CC3)c2)c1-c1ccc(Cl)cc1. The van der Waals surface area contributed by atoms with Crippen molar-refractivity contribution in [3.63, 3.8) is 0 Å². The summed E-state index contributed by atoms with van der Waals surface area (Å²) >= 11 is 7.78. The highest BCUT2D eigenvalue weighted by molar-refractivity contribution is 7.99. The molecule has 1 aromatic heterocycles. The van der Waals surface area contributed by atoms with Crippen molar-refractivity contribution < 1.29 is 35.9 Å². The molecule has 7 rings (SSSR count). The number of halogens is 5. The third-order valence-corrected chi connectivity index (χ3v) is 15.8. The molecule has 0 saturated carbocycles. The van der Waals surface area contributed by atoms with Gasteiger partial charge in [-0.25, -0.2) is 17.6 Å². The van der Waals surface area contributed by atoms with Crippen molar-refractivity contribution in [1.29, 1.82) is 0 Å². The number of nitrogens with zero attached hydrogens (tertiary/aromatic N) is 4. The Labute approximate surface area is 421 Å². The maximum absolute atomic E-state index is 15.6. The Morgan fingerprint density at radius 2 is 1.53 bits per heavy atom. The summed E-state index contributed by atoms with van der Waals surface area (Å²) in [7, 11) is -3.40. The van der Waals surface area contributed by atoms with Gasteiger partial charge in [-0.2, -0.15) is 13.2 Å². The topological polar surface area (TPSA) is 110 Å². The molecular formula is C52H57ClF4N6O4S3. The number of alkyl halides is 3. The van der Waals surface area contributed by atoms with Gasteiger partial charge < -0.3 is 34.4 Å². The summed E-state index contributed by atoms with van der Waals surface area (Å²) in [4.78, 5) is 19.7. The predicted molar refractivity (Wildman–Crippen MR) is 279 cm³/mol. The summed E-state index contributed by atoms with van der Waals surface area (Å²) in [6.07, 6.45) is 0.620. The first-order valence-electron chi connectivity index (χ1n) is 23.0. The quantitative estimate of drug-likeness (QED) is 0.0509. The van der Waals surface area contributed by atoms with Crippen LogP contribution in [-0.4, -0.2) is 92.6 Å². The fraction of sp³-hybridized carbons (Fsp3) is 0.327. The molecular weight excluding hydrogens is 980 g/mol. The van der Waals surface area contributed by atoms with E-state index in [2.05, 4.69) is 38.6 Å².